The van der Waals surface area contributed by atoms with Crippen molar-refractivity contribution in [1.82, 2.24) is 5.32 Å². The molecule has 2 heteroatoms. The Bertz CT molecular complexity index is 371. The summed E-state index contributed by atoms with van der Waals surface area (Å²) in [7, 11) is 0. The minimum Gasteiger partial charge on any atom is -0.489 e. The van der Waals surface area contributed by atoms with Crippen LogP contribution in [0, 0.1) is 6.92 Å². The van der Waals surface area contributed by atoms with Crippen LogP contribution in [0.15, 0.2) is 30.4 Å². The van der Waals surface area contributed by atoms with E-state index < -0.39 is 0 Å². The summed E-state index contributed by atoms with van der Waals surface area (Å²) < 4.78 is 5.74. The summed E-state index contributed by atoms with van der Waals surface area (Å²) in [5, 5.41) is 3.40. The molecule has 17 heavy (non-hydrogen) atoms. The summed E-state index contributed by atoms with van der Waals surface area (Å²) in [5.74, 6) is 0.960. The number of nitrogens with one attached hydrogen (secondary N) is 1. The van der Waals surface area contributed by atoms with Gasteiger partial charge in [-0.05, 0) is 38.5 Å². The van der Waals surface area contributed by atoms with Crippen molar-refractivity contribution in [3.05, 3.63) is 41.5 Å². The molecule has 0 fully saturated rings. The lowest BCUT2D eigenvalue weighted by Crippen LogP contribution is -2.15. The summed E-state index contributed by atoms with van der Waals surface area (Å²) in [6.07, 6.45) is 1.15. The van der Waals surface area contributed by atoms with E-state index in [-0.39, 0.29) is 0 Å². The molecule has 0 spiro atoms. The van der Waals surface area contributed by atoms with Crippen molar-refractivity contribution < 1.29 is 4.74 Å². The molecule has 1 aromatic rings. The second-order valence-corrected chi connectivity index (χ2v) is 4.53. The van der Waals surface area contributed by atoms with Crippen LogP contribution in [-0.4, -0.2) is 13.2 Å². The third-order valence-electron chi connectivity index (χ3n) is 2.43. The Balaban J connectivity index is 2.69. The predicted molar refractivity (Wildman–Crippen MR) is 73.5 cm³/mol. The van der Waals surface area contributed by atoms with Crippen LogP contribution >= 0.6 is 0 Å². The number of hydrogen-bond acceptors (Lipinski definition) is 2. The Kier molecular flexibility index (Phi) is 5.78. The number of rotatable bonds is 7. The molecule has 1 aromatic carbocycles. The van der Waals surface area contributed by atoms with E-state index in [0.29, 0.717) is 6.61 Å². The van der Waals surface area contributed by atoms with E-state index in [1.54, 1.807) is 0 Å². The van der Waals surface area contributed by atoms with Crippen LogP contribution in [0.25, 0.3) is 0 Å². The molecule has 0 aliphatic heterocycles. The van der Waals surface area contributed by atoms with E-state index in [0.717, 1.165) is 30.8 Å². The van der Waals surface area contributed by atoms with E-state index in [1.807, 2.05) is 13.0 Å². The molecule has 0 atom stereocenters. The van der Waals surface area contributed by atoms with Gasteiger partial charge in [-0.15, -0.1) is 0 Å². The van der Waals surface area contributed by atoms with Gasteiger partial charge in [0.05, 0.1) is 0 Å². The summed E-state index contributed by atoms with van der Waals surface area (Å²) in [4.78, 5) is 0. The van der Waals surface area contributed by atoms with Gasteiger partial charge in [0, 0.05) is 12.1 Å². The lowest BCUT2D eigenvalue weighted by Gasteiger charge is -2.13. The third-order valence-corrected chi connectivity index (χ3v) is 2.43. The van der Waals surface area contributed by atoms with Gasteiger partial charge in [0.2, 0.25) is 0 Å². The molecule has 0 saturated heterocycles. The molecule has 0 heterocycles. The fourth-order valence-electron chi connectivity index (χ4n) is 1.59. The third kappa shape index (κ3) is 5.05. The maximum atomic E-state index is 5.74. The Morgan fingerprint density at radius 2 is 2.18 bits per heavy atom. The molecule has 1 rings (SSSR count). The van der Waals surface area contributed by atoms with Gasteiger partial charge in [-0.25, -0.2) is 0 Å². The van der Waals surface area contributed by atoms with Crippen molar-refractivity contribution >= 4 is 0 Å². The second kappa shape index (κ2) is 7.13. The molecule has 0 aliphatic carbocycles. The van der Waals surface area contributed by atoms with Gasteiger partial charge in [-0.1, -0.05) is 31.2 Å². The predicted octanol–water partition coefficient (Wildman–Crippen LogP) is 3.45. The highest BCUT2D eigenvalue weighted by molar-refractivity contribution is 5.37. The van der Waals surface area contributed by atoms with Gasteiger partial charge in [-0.2, -0.15) is 0 Å². The monoisotopic (exact) mass is 233 g/mol. The highest BCUT2D eigenvalue weighted by atomic mass is 16.5. The van der Waals surface area contributed by atoms with E-state index in [4.69, 9.17) is 4.74 Å². The van der Waals surface area contributed by atoms with E-state index in [2.05, 4.69) is 37.9 Å². The van der Waals surface area contributed by atoms with E-state index in [1.165, 1.54) is 11.1 Å². The topological polar surface area (TPSA) is 21.3 Å². The van der Waals surface area contributed by atoms with Crippen LogP contribution in [-0.2, 0) is 6.54 Å². The van der Waals surface area contributed by atoms with Crippen molar-refractivity contribution in [1.29, 1.82) is 0 Å². The van der Waals surface area contributed by atoms with Crippen LogP contribution in [0.5, 0.6) is 5.75 Å². The maximum absolute atomic E-state index is 5.74. The van der Waals surface area contributed by atoms with Crippen LogP contribution in [0.2, 0.25) is 0 Å². The summed E-state index contributed by atoms with van der Waals surface area (Å²) >= 11 is 0. The molecule has 2 nitrogen and oxygen atoms in total. The lowest BCUT2D eigenvalue weighted by atomic mass is 10.1. The molecule has 0 saturated carbocycles. The Labute approximate surface area is 105 Å². The number of aryl methyl sites for hydroxylation is 1. The molecule has 0 aliphatic rings. The van der Waals surface area contributed by atoms with Gasteiger partial charge < -0.3 is 10.1 Å². The standard InChI is InChI=1S/C15H23NO/c1-5-8-16-10-14-9-13(4)6-7-15(14)17-11-12(2)3/h6-7,9,16H,2,5,8,10-11H2,1,3-4H3. The molecule has 94 valence electrons. The fraction of sp³-hybridized carbons (Fsp3) is 0.467. The molecular weight excluding hydrogens is 210 g/mol. The molecule has 1 N–H and O–H groups in total. The molecule has 0 radical (unpaired) electrons. The lowest BCUT2D eigenvalue weighted by molar-refractivity contribution is 0.347. The first-order valence-electron chi connectivity index (χ1n) is 6.21. The molecule has 0 bridgehead atoms. The van der Waals surface area contributed by atoms with E-state index in [9.17, 15) is 0 Å². The van der Waals surface area contributed by atoms with Crippen molar-refractivity contribution in [2.45, 2.75) is 33.7 Å². The van der Waals surface area contributed by atoms with Gasteiger partial charge in [0.15, 0.2) is 0 Å². The summed E-state index contributed by atoms with van der Waals surface area (Å²) in [6.45, 7) is 12.6. The zero-order valence-corrected chi connectivity index (χ0v) is 11.2. The molecular formula is C15H23NO. The molecule has 0 unspecified atom stereocenters. The van der Waals surface area contributed by atoms with Crippen molar-refractivity contribution in [2.24, 2.45) is 0 Å². The molecule has 0 aromatic heterocycles. The van der Waals surface area contributed by atoms with Gasteiger partial charge in [0.25, 0.3) is 0 Å². The van der Waals surface area contributed by atoms with Gasteiger partial charge >= 0.3 is 0 Å². The Morgan fingerprint density at radius 1 is 1.41 bits per heavy atom. The van der Waals surface area contributed by atoms with Crippen LogP contribution in [0.3, 0.4) is 0 Å². The van der Waals surface area contributed by atoms with Crippen LogP contribution in [0.1, 0.15) is 31.4 Å². The second-order valence-electron chi connectivity index (χ2n) is 4.53. The smallest absolute Gasteiger partial charge is 0.124 e. The SMILES string of the molecule is C=C(C)COc1ccc(C)cc1CNCCC. The van der Waals surface area contributed by atoms with Crippen molar-refractivity contribution in [3.63, 3.8) is 0 Å². The number of hydrogen-bond donors (Lipinski definition) is 1. The van der Waals surface area contributed by atoms with Gasteiger partial charge in [0.1, 0.15) is 12.4 Å². The van der Waals surface area contributed by atoms with Crippen molar-refractivity contribution in [2.75, 3.05) is 13.2 Å². The van der Waals surface area contributed by atoms with Crippen LogP contribution in [0.4, 0.5) is 0 Å². The summed E-state index contributed by atoms with van der Waals surface area (Å²) in [6, 6.07) is 6.30. The number of ether oxygens (including phenoxy) is 1. The van der Waals surface area contributed by atoms with Gasteiger partial charge in [-0.3, -0.25) is 0 Å². The quantitative estimate of drug-likeness (QED) is 0.575. The average molecular weight is 233 g/mol. The first-order chi connectivity index (χ1) is 8.13. The highest BCUT2D eigenvalue weighted by Crippen LogP contribution is 2.20. The number of benzene rings is 1. The Hall–Kier alpha value is -1.28. The Morgan fingerprint density at radius 3 is 2.82 bits per heavy atom. The average Bonchev–Trinajstić information content (AvgIpc) is 2.28. The van der Waals surface area contributed by atoms with Crippen LogP contribution < -0.4 is 10.1 Å². The van der Waals surface area contributed by atoms with Crippen molar-refractivity contribution in [3.8, 4) is 5.75 Å². The minimum absolute atomic E-state index is 0.587. The fourth-order valence-corrected chi connectivity index (χ4v) is 1.59. The zero-order chi connectivity index (χ0) is 12.7. The zero-order valence-electron chi connectivity index (χ0n) is 11.2. The minimum atomic E-state index is 0.587. The first kappa shape index (κ1) is 13.8. The normalized spacial score (nSPS) is 10.3. The largest absolute Gasteiger partial charge is 0.489 e. The first-order valence-corrected chi connectivity index (χ1v) is 6.21. The van der Waals surface area contributed by atoms with E-state index >= 15 is 0 Å². The maximum Gasteiger partial charge on any atom is 0.124 e. The summed E-state index contributed by atoms with van der Waals surface area (Å²) in [5.41, 5.74) is 3.53. The molecule has 0 amide bonds. The highest BCUT2D eigenvalue weighted by Gasteiger charge is 2.03.